The molecule has 1 saturated heterocycles. The number of hydrogen-bond acceptors (Lipinski definition) is 7. The standard InChI is InChI=1S/C36H59NO7/c1-31(2)14-16-36(30(43)37-29-28(42)27(41)26(40)22(19-38)44-29)17-15-34(6)20(21(36)18-31)8-9-24-33(5)12-11-25(39)32(3,4)23(33)10-13-35(24,34)7/h8,21-29,38-42H,9-19H2,1-7H3,(H,37,43)/t21?,22?,23?,24?,25-,26-,27?,28?,29-,33-,34+,35+,36-/m0/s1. The van der Waals surface area contributed by atoms with Gasteiger partial charge in [-0.15, -0.1) is 0 Å². The first kappa shape index (κ1) is 32.9. The number of amides is 1. The molecule has 4 saturated carbocycles. The number of ether oxygens (including phenoxy) is 1. The minimum Gasteiger partial charge on any atom is -0.394 e. The second-order valence-electron chi connectivity index (χ2n) is 18.0. The van der Waals surface area contributed by atoms with Crippen LogP contribution in [0.3, 0.4) is 0 Å². The molecule has 44 heavy (non-hydrogen) atoms. The fourth-order valence-electron chi connectivity index (χ4n) is 12.1. The van der Waals surface area contributed by atoms with E-state index in [1.54, 1.807) is 0 Å². The molecule has 1 heterocycles. The van der Waals surface area contributed by atoms with E-state index in [9.17, 15) is 30.3 Å². The average Bonchev–Trinajstić information content (AvgIpc) is 2.95. The highest BCUT2D eigenvalue weighted by Gasteiger charge is 2.69. The molecule has 8 nitrogen and oxygen atoms in total. The molecule has 6 unspecified atom stereocenters. The zero-order valence-electron chi connectivity index (χ0n) is 28.1. The molecule has 5 aliphatic carbocycles. The van der Waals surface area contributed by atoms with E-state index in [2.05, 4.69) is 59.9 Å². The van der Waals surface area contributed by atoms with E-state index in [0.29, 0.717) is 11.8 Å². The SMILES string of the molecule is CC1(C)CC[C@]2(C(=O)N[C@H]3OC(CO)[C@H](O)C(O)C3O)CC[C@]3(C)C(=CCC4[C@@]5(C)CC[C@H](O)C(C)(C)C5CC[C@]43C)C2C1. The molecule has 6 aliphatic rings. The summed E-state index contributed by atoms with van der Waals surface area (Å²) in [5.41, 5.74) is 0.967. The third kappa shape index (κ3) is 4.40. The van der Waals surface area contributed by atoms with Gasteiger partial charge in [0.2, 0.25) is 5.91 Å². The number of carbonyl (C=O) groups excluding carboxylic acids is 1. The Kier molecular flexibility index (Phi) is 7.84. The van der Waals surface area contributed by atoms with Gasteiger partial charge >= 0.3 is 0 Å². The van der Waals surface area contributed by atoms with Gasteiger partial charge < -0.3 is 35.6 Å². The Balaban J connectivity index is 1.35. The number of carbonyl (C=O) groups is 1. The summed E-state index contributed by atoms with van der Waals surface area (Å²) in [5.74, 6) is 0.899. The van der Waals surface area contributed by atoms with Crippen molar-refractivity contribution in [1.29, 1.82) is 0 Å². The number of nitrogens with one attached hydrogen (secondary N) is 1. The fourth-order valence-corrected chi connectivity index (χ4v) is 12.1. The lowest BCUT2D eigenvalue weighted by atomic mass is 9.33. The number of aliphatic hydroxyl groups excluding tert-OH is 5. The summed E-state index contributed by atoms with van der Waals surface area (Å²) in [6, 6.07) is 0. The van der Waals surface area contributed by atoms with Crippen LogP contribution >= 0.6 is 0 Å². The molecule has 6 N–H and O–H groups in total. The molecule has 0 aromatic heterocycles. The van der Waals surface area contributed by atoms with Crippen molar-refractivity contribution in [3.8, 4) is 0 Å². The van der Waals surface area contributed by atoms with Crippen LogP contribution in [0.15, 0.2) is 11.6 Å². The van der Waals surface area contributed by atoms with Crippen LogP contribution in [0, 0.1) is 50.2 Å². The molecule has 0 radical (unpaired) electrons. The first-order chi connectivity index (χ1) is 20.4. The zero-order valence-corrected chi connectivity index (χ0v) is 28.1. The highest BCUT2D eigenvalue weighted by Crippen LogP contribution is 2.75. The normalized spacial score (nSPS) is 52.8. The Labute approximate surface area is 264 Å². The quantitative estimate of drug-likeness (QED) is 0.263. The molecule has 5 fully saturated rings. The molecule has 8 heteroatoms. The summed E-state index contributed by atoms with van der Waals surface area (Å²) in [7, 11) is 0. The van der Waals surface area contributed by atoms with E-state index < -0.39 is 42.7 Å². The fraction of sp³-hybridized carbons (Fsp3) is 0.917. The van der Waals surface area contributed by atoms with Gasteiger partial charge in [-0.05, 0) is 109 Å². The van der Waals surface area contributed by atoms with Crippen LogP contribution < -0.4 is 5.32 Å². The molecule has 13 atom stereocenters. The molecule has 6 rings (SSSR count). The molecule has 0 aromatic rings. The van der Waals surface area contributed by atoms with E-state index in [1.165, 1.54) is 5.57 Å². The third-order valence-electron chi connectivity index (χ3n) is 15.2. The van der Waals surface area contributed by atoms with Gasteiger partial charge in [-0.1, -0.05) is 60.1 Å². The van der Waals surface area contributed by atoms with Gasteiger partial charge in [0, 0.05) is 0 Å². The first-order valence-corrected chi connectivity index (χ1v) is 17.4. The summed E-state index contributed by atoms with van der Waals surface area (Å²) >= 11 is 0. The minimum absolute atomic E-state index is 0.0465. The number of aliphatic hydroxyl groups is 5. The van der Waals surface area contributed by atoms with E-state index in [1.807, 2.05) is 0 Å². The van der Waals surface area contributed by atoms with Gasteiger partial charge in [0.25, 0.3) is 0 Å². The molecule has 0 bridgehead atoms. The van der Waals surface area contributed by atoms with Crippen LogP contribution in [0.2, 0.25) is 0 Å². The predicted molar refractivity (Wildman–Crippen MR) is 167 cm³/mol. The van der Waals surface area contributed by atoms with Crippen LogP contribution in [-0.2, 0) is 9.53 Å². The Morgan fingerprint density at radius 1 is 0.864 bits per heavy atom. The van der Waals surface area contributed by atoms with E-state index in [-0.39, 0.29) is 45.0 Å². The second kappa shape index (κ2) is 10.5. The van der Waals surface area contributed by atoms with Crippen LogP contribution in [0.25, 0.3) is 0 Å². The molecule has 1 amide bonds. The van der Waals surface area contributed by atoms with Crippen LogP contribution in [0.5, 0.6) is 0 Å². The molecule has 0 aromatic carbocycles. The maximum Gasteiger partial charge on any atom is 0.228 e. The smallest absolute Gasteiger partial charge is 0.228 e. The Morgan fingerprint density at radius 2 is 1.55 bits per heavy atom. The number of hydrogen-bond donors (Lipinski definition) is 6. The number of fused-ring (bicyclic) bond motifs is 7. The van der Waals surface area contributed by atoms with Crippen molar-refractivity contribution in [3.63, 3.8) is 0 Å². The average molecular weight is 618 g/mol. The van der Waals surface area contributed by atoms with Gasteiger partial charge in [0.05, 0.1) is 18.1 Å². The highest BCUT2D eigenvalue weighted by molar-refractivity contribution is 5.84. The molecule has 250 valence electrons. The van der Waals surface area contributed by atoms with E-state index in [4.69, 9.17) is 4.74 Å². The van der Waals surface area contributed by atoms with Gasteiger partial charge in [-0.2, -0.15) is 0 Å². The summed E-state index contributed by atoms with van der Waals surface area (Å²) in [5, 5.41) is 55.1. The minimum atomic E-state index is -1.53. The number of allylic oxidation sites excluding steroid dienone is 2. The Hall–Kier alpha value is -1.03. The summed E-state index contributed by atoms with van der Waals surface area (Å²) in [4.78, 5) is 14.5. The van der Waals surface area contributed by atoms with Gasteiger partial charge in [-0.3, -0.25) is 4.79 Å². The third-order valence-corrected chi connectivity index (χ3v) is 15.2. The maximum absolute atomic E-state index is 14.5. The molecule has 0 spiro atoms. The lowest BCUT2D eigenvalue weighted by molar-refractivity contribution is -0.238. The Morgan fingerprint density at radius 3 is 2.23 bits per heavy atom. The number of rotatable bonds is 3. The van der Waals surface area contributed by atoms with Crippen molar-refractivity contribution < 1.29 is 35.1 Å². The molecular formula is C36H59NO7. The first-order valence-electron chi connectivity index (χ1n) is 17.4. The van der Waals surface area contributed by atoms with Gasteiger partial charge in [0.1, 0.15) is 24.4 Å². The maximum atomic E-state index is 14.5. The summed E-state index contributed by atoms with van der Waals surface area (Å²) < 4.78 is 5.73. The second-order valence-corrected chi connectivity index (χ2v) is 18.0. The Bertz CT molecular complexity index is 1180. The van der Waals surface area contributed by atoms with Crippen molar-refractivity contribution in [3.05, 3.63) is 11.6 Å². The van der Waals surface area contributed by atoms with Crippen molar-refractivity contribution in [1.82, 2.24) is 5.32 Å². The molecule has 1 aliphatic heterocycles. The predicted octanol–water partition coefficient (Wildman–Crippen LogP) is 4.07. The van der Waals surface area contributed by atoms with Crippen LogP contribution in [-0.4, -0.2) is 74.8 Å². The topological polar surface area (TPSA) is 139 Å². The van der Waals surface area contributed by atoms with Gasteiger partial charge in [0.15, 0.2) is 6.23 Å². The lowest BCUT2D eigenvalue weighted by Crippen LogP contribution is -2.67. The van der Waals surface area contributed by atoms with Crippen LogP contribution in [0.1, 0.15) is 113 Å². The van der Waals surface area contributed by atoms with Gasteiger partial charge in [-0.25, -0.2) is 0 Å². The van der Waals surface area contributed by atoms with E-state index >= 15 is 0 Å². The van der Waals surface area contributed by atoms with Crippen molar-refractivity contribution >= 4 is 5.91 Å². The lowest BCUT2D eigenvalue weighted by Gasteiger charge is -2.71. The van der Waals surface area contributed by atoms with Crippen molar-refractivity contribution in [2.75, 3.05) is 6.61 Å². The summed E-state index contributed by atoms with van der Waals surface area (Å²) in [6.45, 7) is 16.2. The zero-order chi connectivity index (χ0) is 32.3. The molecular weight excluding hydrogens is 558 g/mol. The van der Waals surface area contributed by atoms with Crippen LogP contribution in [0.4, 0.5) is 0 Å². The largest absolute Gasteiger partial charge is 0.394 e. The highest BCUT2D eigenvalue weighted by atomic mass is 16.6. The van der Waals surface area contributed by atoms with Crippen molar-refractivity contribution in [2.45, 2.75) is 149 Å². The van der Waals surface area contributed by atoms with Crippen molar-refractivity contribution in [2.24, 2.45) is 50.2 Å². The van der Waals surface area contributed by atoms with E-state index in [0.717, 1.165) is 64.2 Å². The monoisotopic (exact) mass is 617 g/mol. The summed E-state index contributed by atoms with van der Waals surface area (Å²) in [6.07, 6.45) is 4.92.